The van der Waals surface area contributed by atoms with Crippen molar-refractivity contribution in [1.29, 1.82) is 0 Å². The molecule has 0 atom stereocenters. The molecule has 0 N–H and O–H groups in total. The SMILES string of the molecule is C=CCn1c(=O)n(CC=C)c(=O)n(CCBr)c1=O. The maximum Gasteiger partial charge on any atom is 0.336 e. The average molecular weight is 316 g/mol. The molecule has 1 rings (SSSR count). The molecule has 1 aromatic heterocycles. The predicted molar refractivity (Wildman–Crippen MR) is 73.4 cm³/mol. The summed E-state index contributed by atoms with van der Waals surface area (Å²) in [5, 5.41) is 0.447. The molecular weight excluding hydrogens is 302 g/mol. The van der Waals surface area contributed by atoms with Crippen LogP contribution in [0.25, 0.3) is 0 Å². The van der Waals surface area contributed by atoms with Crippen LogP contribution in [0.2, 0.25) is 0 Å². The van der Waals surface area contributed by atoms with E-state index in [0.29, 0.717) is 5.33 Å². The van der Waals surface area contributed by atoms with Crippen molar-refractivity contribution in [1.82, 2.24) is 13.7 Å². The van der Waals surface area contributed by atoms with Crippen molar-refractivity contribution < 1.29 is 0 Å². The number of allylic oxidation sites excluding steroid dienone is 2. The summed E-state index contributed by atoms with van der Waals surface area (Å²) < 4.78 is 2.96. The van der Waals surface area contributed by atoms with Crippen LogP contribution in [0.4, 0.5) is 0 Å². The number of rotatable bonds is 6. The first kappa shape index (κ1) is 14.4. The molecule has 1 heterocycles. The summed E-state index contributed by atoms with van der Waals surface area (Å²) in [6, 6.07) is 0. The molecule has 0 bridgehead atoms. The van der Waals surface area contributed by atoms with E-state index in [1.54, 1.807) is 0 Å². The third-order valence-electron chi connectivity index (χ3n) is 2.32. The van der Waals surface area contributed by atoms with Crippen LogP contribution in [-0.2, 0) is 19.6 Å². The second-order valence-corrected chi connectivity index (χ2v) is 4.28. The van der Waals surface area contributed by atoms with Gasteiger partial charge in [0.2, 0.25) is 0 Å². The number of hydrogen-bond donors (Lipinski definition) is 0. The van der Waals surface area contributed by atoms with Gasteiger partial charge in [-0.2, -0.15) is 0 Å². The smallest absolute Gasteiger partial charge is 0.247 e. The van der Waals surface area contributed by atoms with Gasteiger partial charge in [0.1, 0.15) is 0 Å². The van der Waals surface area contributed by atoms with Gasteiger partial charge in [0.25, 0.3) is 0 Å². The average Bonchev–Trinajstić information content (AvgIpc) is 2.35. The lowest BCUT2D eigenvalue weighted by Gasteiger charge is -2.10. The van der Waals surface area contributed by atoms with Crippen molar-refractivity contribution in [2.75, 3.05) is 5.33 Å². The zero-order valence-corrected chi connectivity index (χ0v) is 11.4. The van der Waals surface area contributed by atoms with E-state index in [4.69, 9.17) is 0 Å². The Bertz CT molecular complexity index is 576. The quantitative estimate of drug-likeness (QED) is 0.545. The normalized spacial score (nSPS) is 10.3. The lowest BCUT2D eigenvalue weighted by molar-refractivity contribution is 0.493. The zero-order valence-electron chi connectivity index (χ0n) is 9.84. The van der Waals surface area contributed by atoms with Crippen LogP contribution in [-0.4, -0.2) is 19.0 Å². The first-order valence-corrected chi connectivity index (χ1v) is 6.42. The van der Waals surface area contributed by atoms with Gasteiger partial charge in [-0.15, -0.1) is 13.2 Å². The highest BCUT2D eigenvalue weighted by Gasteiger charge is 2.13. The Morgan fingerprint density at radius 2 is 1.28 bits per heavy atom. The minimum absolute atomic E-state index is 0.0668. The largest absolute Gasteiger partial charge is 0.336 e. The van der Waals surface area contributed by atoms with Crippen molar-refractivity contribution in [2.45, 2.75) is 19.6 Å². The fraction of sp³-hybridized carbons (Fsp3) is 0.364. The van der Waals surface area contributed by atoms with Crippen molar-refractivity contribution in [3.63, 3.8) is 0 Å². The Morgan fingerprint density at radius 1 is 0.889 bits per heavy atom. The first-order chi connectivity index (χ1) is 8.58. The van der Waals surface area contributed by atoms with Crippen molar-refractivity contribution in [3.05, 3.63) is 56.8 Å². The lowest BCUT2D eigenvalue weighted by Crippen LogP contribution is -2.54. The molecule has 0 unspecified atom stereocenters. The zero-order chi connectivity index (χ0) is 13.7. The summed E-state index contributed by atoms with van der Waals surface area (Å²) >= 11 is 3.16. The molecule has 0 aromatic carbocycles. The Morgan fingerprint density at radius 3 is 1.61 bits per heavy atom. The first-order valence-electron chi connectivity index (χ1n) is 5.30. The predicted octanol–water partition coefficient (Wildman–Crippen LogP) is -0.0614. The van der Waals surface area contributed by atoms with E-state index < -0.39 is 17.1 Å². The van der Waals surface area contributed by atoms with Gasteiger partial charge in [-0.25, -0.2) is 28.1 Å². The lowest BCUT2D eigenvalue weighted by atomic mass is 10.5. The number of hydrogen-bond acceptors (Lipinski definition) is 3. The summed E-state index contributed by atoms with van der Waals surface area (Å²) in [4.78, 5) is 35.9. The van der Waals surface area contributed by atoms with Crippen molar-refractivity contribution in [2.24, 2.45) is 0 Å². The molecule has 6 nitrogen and oxygen atoms in total. The van der Waals surface area contributed by atoms with Crippen LogP contribution >= 0.6 is 15.9 Å². The van der Waals surface area contributed by atoms with Gasteiger partial charge in [-0.05, 0) is 0 Å². The summed E-state index contributed by atoms with van der Waals surface area (Å²) in [5.74, 6) is 0. The van der Waals surface area contributed by atoms with Crippen LogP contribution < -0.4 is 17.1 Å². The third-order valence-corrected chi connectivity index (χ3v) is 2.67. The molecule has 18 heavy (non-hydrogen) atoms. The third kappa shape index (κ3) is 2.61. The van der Waals surface area contributed by atoms with Crippen LogP contribution in [0.3, 0.4) is 0 Å². The maximum atomic E-state index is 12.0. The fourth-order valence-corrected chi connectivity index (χ4v) is 1.88. The van der Waals surface area contributed by atoms with E-state index in [1.165, 1.54) is 12.2 Å². The minimum atomic E-state index is -0.643. The van der Waals surface area contributed by atoms with Crippen LogP contribution in [0.15, 0.2) is 39.7 Å². The summed E-state index contributed by atoms with van der Waals surface area (Å²) in [6.45, 7) is 7.31. The highest BCUT2D eigenvalue weighted by Crippen LogP contribution is 1.83. The highest BCUT2D eigenvalue weighted by atomic mass is 79.9. The number of halogens is 1. The summed E-state index contributed by atoms with van der Waals surface area (Å²) in [6.07, 6.45) is 2.87. The molecule has 1 aromatic rings. The van der Waals surface area contributed by atoms with Gasteiger partial charge < -0.3 is 0 Å². The van der Waals surface area contributed by atoms with E-state index >= 15 is 0 Å². The second kappa shape index (κ2) is 6.34. The molecule has 98 valence electrons. The van der Waals surface area contributed by atoms with E-state index in [-0.39, 0.29) is 19.6 Å². The molecule has 0 aliphatic carbocycles. The van der Waals surface area contributed by atoms with Gasteiger partial charge in [-0.3, -0.25) is 0 Å². The molecule has 7 heteroatoms. The number of alkyl halides is 1. The second-order valence-electron chi connectivity index (χ2n) is 3.49. The van der Waals surface area contributed by atoms with Gasteiger partial charge in [0, 0.05) is 11.9 Å². The fourth-order valence-electron chi connectivity index (χ4n) is 1.53. The molecule has 0 amide bonds. The van der Waals surface area contributed by atoms with E-state index in [9.17, 15) is 14.4 Å². The van der Waals surface area contributed by atoms with Gasteiger partial charge in [-0.1, -0.05) is 28.1 Å². The summed E-state index contributed by atoms with van der Waals surface area (Å²) in [7, 11) is 0. The Hall–Kier alpha value is -1.63. The van der Waals surface area contributed by atoms with Gasteiger partial charge >= 0.3 is 17.1 Å². The maximum absolute atomic E-state index is 12.0. The summed E-state index contributed by atoms with van der Waals surface area (Å²) in [5.41, 5.74) is -1.88. The molecule has 0 fully saturated rings. The molecule has 0 aliphatic heterocycles. The Labute approximate surface area is 112 Å². The molecular formula is C11H14BrN3O3. The topological polar surface area (TPSA) is 66.0 Å². The molecule has 0 saturated heterocycles. The standard InChI is InChI=1S/C11H14BrN3O3/c1-3-6-13-9(16)14(7-4-2)11(18)15(8-5-12)10(13)17/h3-4H,1-2,5-8H2. The molecule has 0 spiro atoms. The van der Waals surface area contributed by atoms with Crippen molar-refractivity contribution in [3.8, 4) is 0 Å². The van der Waals surface area contributed by atoms with Crippen LogP contribution in [0, 0.1) is 0 Å². The number of aromatic nitrogens is 3. The van der Waals surface area contributed by atoms with Gasteiger partial charge in [0.05, 0.1) is 13.1 Å². The van der Waals surface area contributed by atoms with E-state index in [0.717, 1.165) is 13.7 Å². The van der Waals surface area contributed by atoms with Gasteiger partial charge in [0.15, 0.2) is 0 Å². The minimum Gasteiger partial charge on any atom is -0.247 e. The van der Waals surface area contributed by atoms with E-state index in [1.807, 2.05) is 0 Å². The number of nitrogens with zero attached hydrogens (tertiary/aromatic N) is 3. The molecule has 0 saturated carbocycles. The molecule has 0 aliphatic rings. The van der Waals surface area contributed by atoms with Crippen LogP contribution in [0.1, 0.15) is 0 Å². The Balaban J connectivity index is 3.69. The van der Waals surface area contributed by atoms with Crippen LogP contribution in [0.5, 0.6) is 0 Å². The molecule has 0 radical (unpaired) electrons. The monoisotopic (exact) mass is 315 g/mol. The highest BCUT2D eigenvalue weighted by molar-refractivity contribution is 9.09. The van der Waals surface area contributed by atoms with Crippen molar-refractivity contribution >= 4 is 15.9 Å². The van der Waals surface area contributed by atoms with E-state index in [2.05, 4.69) is 29.1 Å². The Kier molecular flexibility index (Phi) is 5.08.